The maximum atomic E-state index is 12.3. The highest BCUT2D eigenvalue weighted by Gasteiger charge is 2.13. The van der Waals surface area contributed by atoms with E-state index in [1.807, 2.05) is 44.2 Å². The Bertz CT molecular complexity index is 795. The molecule has 1 N–H and O–H groups in total. The van der Waals surface area contributed by atoms with Crippen molar-refractivity contribution in [1.82, 2.24) is 25.1 Å². The van der Waals surface area contributed by atoms with Crippen molar-refractivity contribution in [1.29, 1.82) is 0 Å². The van der Waals surface area contributed by atoms with E-state index in [1.165, 1.54) is 0 Å². The number of aromatic nitrogens is 4. The Labute approximate surface area is 134 Å². The minimum absolute atomic E-state index is 0.0962. The van der Waals surface area contributed by atoms with Gasteiger partial charge in [0.15, 0.2) is 11.5 Å². The van der Waals surface area contributed by atoms with Gasteiger partial charge in [0, 0.05) is 12.4 Å². The van der Waals surface area contributed by atoms with Crippen molar-refractivity contribution < 1.29 is 4.79 Å². The Morgan fingerprint density at radius 3 is 2.52 bits per heavy atom. The number of nitrogens with one attached hydrogen (secondary N) is 1. The minimum Gasteiger partial charge on any atom is -0.344 e. The molecule has 23 heavy (non-hydrogen) atoms. The topological polar surface area (TPSA) is 72.7 Å². The highest BCUT2D eigenvalue weighted by atomic mass is 16.2. The molecule has 1 aromatic carbocycles. The van der Waals surface area contributed by atoms with E-state index in [0.717, 1.165) is 11.4 Å². The number of imidazole rings is 1. The molecule has 2 heterocycles. The van der Waals surface area contributed by atoms with Gasteiger partial charge in [-0.1, -0.05) is 30.3 Å². The maximum absolute atomic E-state index is 12.3. The summed E-state index contributed by atoms with van der Waals surface area (Å²) in [4.78, 5) is 16.4. The first-order chi connectivity index (χ1) is 11.1. The van der Waals surface area contributed by atoms with Crippen LogP contribution < -0.4 is 5.32 Å². The van der Waals surface area contributed by atoms with Crippen molar-refractivity contribution in [2.45, 2.75) is 19.9 Å². The van der Waals surface area contributed by atoms with Gasteiger partial charge in [-0.15, -0.1) is 10.2 Å². The number of carbonyl (C=O) groups excluding carboxylic acids is 1. The Morgan fingerprint density at radius 2 is 1.91 bits per heavy atom. The summed E-state index contributed by atoms with van der Waals surface area (Å²) in [6.07, 6.45) is 3.50. The Kier molecular flexibility index (Phi) is 4.14. The monoisotopic (exact) mass is 307 g/mol. The summed E-state index contributed by atoms with van der Waals surface area (Å²) in [6.45, 7) is 3.81. The van der Waals surface area contributed by atoms with Gasteiger partial charge >= 0.3 is 0 Å². The van der Waals surface area contributed by atoms with Crippen LogP contribution in [0.3, 0.4) is 0 Å². The smallest absolute Gasteiger partial charge is 0.272 e. The van der Waals surface area contributed by atoms with Crippen molar-refractivity contribution in [2.24, 2.45) is 0 Å². The van der Waals surface area contributed by atoms with Crippen LogP contribution in [0.4, 0.5) is 0 Å². The van der Waals surface area contributed by atoms with Crippen molar-refractivity contribution in [3.05, 3.63) is 71.9 Å². The van der Waals surface area contributed by atoms with Gasteiger partial charge in [-0.05, 0) is 31.5 Å². The van der Waals surface area contributed by atoms with E-state index >= 15 is 0 Å². The van der Waals surface area contributed by atoms with Gasteiger partial charge in [0.2, 0.25) is 0 Å². The van der Waals surface area contributed by atoms with Crippen LogP contribution in [0.25, 0.3) is 5.82 Å². The lowest BCUT2D eigenvalue weighted by Gasteiger charge is -2.13. The van der Waals surface area contributed by atoms with E-state index in [1.54, 1.807) is 29.1 Å². The van der Waals surface area contributed by atoms with Crippen LogP contribution in [0, 0.1) is 6.92 Å². The van der Waals surface area contributed by atoms with E-state index in [4.69, 9.17) is 0 Å². The molecule has 0 radical (unpaired) electrons. The van der Waals surface area contributed by atoms with Gasteiger partial charge in [0.25, 0.3) is 5.91 Å². The zero-order valence-electron chi connectivity index (χ0n) is 13.0. The number of hydrogen-bond donors (Lipinski definition) is 1. The summed E-state index contributed by atoms with van der Waals surface area (Å²) in [5.41, 5.74) is 1.33. The van der Waals surface area contributed by atoms with Gasteiger partial charge in [0.1, 0.15) is 5.82 Å². The molecule has 0 aliphatic carbocycles. The molecular weight excluding hydrogens is 290 g/mol. The summed E-state index contributed by atoms with van der Waals surface area (Å²) in [7, 11) is 0. The molecule has 1 atom stereocenters. The second kappa shape index (κ2) is 6.39. The van der Waals surface area contributed by atoms with Crippen LogP contribution in [0.15, 0.2) is 54.9 Å². The zero-order chi connectivity index (χ0) is 16.2. The standard InChI is InChI=1S/C17H17N5O/c1-12(14-6-4-3-5-7-14)19-17(23)15-8-9-16(21-20-15)22-11-10-18-13(22)2/h3-12H,1-2H3,(H,19,23). The number of nitrogens with zero attached hydrogens (tertiary/aromatic N) is 4. The molecule has 0 saturated heterocycles. The second-order valence-electron chi connectivity index (χ2n) is 5.23. The number of hydrogen-bond acceptors (Lipinski definition) is 4. The third-order valence-electron chi connectivity index (χ3n) is 3.60. The molecule has 116 valence electrons. The second-order valence-corrected chi connectivity index (χ2v) is 5.23. The van der Waals surface area contributed by atoms with Crippen LogP contribution in [-0.4, -0.2) is 25.7 Å². The van der Waals surface area contributed by atoms with Gasteiger partial charge in [-0.2, -0.15) is 0 Å². The first-order valence-electron chi connectivity index (χ1n) is 7.35. The molecule has 3 aromatic rings. The number of amides is 1. The van der Waals surface area contributed by atoms with Gasteiger partial charge in [-0.3, -0.25) is 9.36 Å². The minimum atomic E-state index is -0.247. The van der Waals surface area contributed by atoms with Crippen LogP contribution in [0.1, 0.15) is 34.8 Å². The van der Waals surface area contributed by atoms with E-state index in [9.17, 15) is 4.79 Å². The number of aryl methyl sites for hydroxylation is 1. The van der Waals surface area contributed by atoms with Crippen molar-refractivity contribution >= 4 is 5.91 Å². The Morgan fingerprint density at radius 1 is 1.13 bits per heavy atom. The third kappa shape index (κ3) is 3.26. The SMILES string of the molecule is Cc1nccn1-c1ccc(C(=O)NC(C)c2ccccc2)nn1. The fourth-order valence-corrected chi connectivity index (χ4v) is 2.29. The van der Waals surface area contributed by atoms with E-state index in [-0.39, 0.29) is 17.6 Å². The molecule has 0 spiro atoms. The van der Waals surface area contributed by atoms with Crippen LogP contribution in [0.5, 0.6) is 0 Å². The Balaban J connectivity index is 1.72. The van der Waals surface area contributed by atoms with Crippen LogP contribution >= 0.6 is 0 Å². The molecule has 0 fully saturated rings. The maximum Gasteiger partial charge on any atom is 0.272 e. The fourth-order valence-electron chi connectivity index (χ4n) is 2.29. The molecule has 6 heteroatoms. The Hall–Kier alpha value is -3.02. The average Bonchev–Trinajstić information content (AvgIpc) is 3.02. The van der Waals surface area contributed by atoms with Gasteiger partial charge < -0.3 is 5.32 Å². The molecule has 0 saturated carbocycles. The van der Waals surface area contributed by atoms with Gasteiger partial charge in [-0.25, -0.2) is 4.98 Å². The molecule has 1 amide bonds. The molecule has 1 unspecified atom stereocenters. The summed E-state index contributed by atoms with van der Waals surface area (Å²) < 4.78 is 1.81. The number of benzene rings is 1. The average molecular weight is 307 g/mol. The highest BCUT2D eigenvalue weighted by Crippen LogP contribution is 2.12. The lowest BCUT2D eigenvalue weighted by Crippen LogP contribution is -2.27. The van der Waals surface area contributed by atoms with Gasteiger partial charge in [0.05, 0.1) is 6.04 Å². The quantitative estimate of drug-likeness (QED) is 0.803. The molecule has 0 aliphatic rings. The summed E-state index contributed by atoms with van der Waals surface area (Å²) >= 11 is 0. The molecule has 6 nitrogen and oxygen atoms in total. The normalized spacial score (nSPS) is 11.9. The van der Waals surface area contributed by atoms with Crippen LogP contribution in [0.2, 0.25) is 0 Å². The molecule has 2 aromatic heterocycles. The molecule has 0 aliphatic heterocycles. The molecule has 3 rings (SSSR count). The van der Waals surface area contributed by atoms with E-state index < -0.39 is 0 Å². The number of carbonyl (C=O) groups is 1. The molecule has 0 bridgehead atoms. The highest BCUT2D eigenvalue weighted by molar-refractivity contribution is 5.92. The van der Waals surface area contributed by atoms with E-state index in [0.29, 0.717) is 5.82 Å². The molecular formula is C17H17N5O. The predicted molar refractivity (Wildman–Crippen MR) is 86.2 cm³/mol. The largest absolute Gasteiger partial charge is 0.344 e. The summed E-state index contributed by atoms with van der Waals surface area (Å²) in [5, 5.41) is 11.0. The zero-order valence-corrected chi connectivity index (χ0v) is 13.0. The van der Waals surface area contributed by atoms with Crippen molar-refractivity contribution in [3.8, 4) is 5.82 Å². The first-order valence-corrected chi connectivity index (χ1v) is 7.35. The fraction of sp³-hybridized carbons (Fsp3) is 0.176. The predicted octanol–water partition coefficient (Wildman–Crippen LogP) is 2.46. The lowest BCUT2D eigenvalue weighted by molar-refractivity contribution is 0.0934. The first kappa shape index (κ1) is 14.9. The van der Waals surface area contributed by atoms with Crippen molar-refractivity contribution in [3.63, 3.8) is 0 Å². The summed E-state index contributed by atoms with van der Waals surface area (Å²) in [6, 6.07) is 13.1. The third-order valence-corrected chi connectivity index (χ3v) is 3.60. The van der Waals surface area contributed by atoms with Crippen molar-refractivity contribution in [2.75, 3.05) is 0 Å². The van der Waals surface area contributed by atoms with Crippen LogP contribution in [-0.2, 0) is 0 Å². The van der Waals surface area contributed by atoms with E-state index in [2.05, 4.69) is 20.5 Å². The summed E-state index contributed by atoms with van der Waals surface area (Å²) in [5.74, 6) is 1.20. The number of rotatable bonds is 4. The lowest BCUT2D eigenvalue weighted by atomic mass is 10.1.